The minimum Gasteiger partial charge on any atom is -0.364 e. The first kappa shape index (κ1) is 26.3. The van der Waals surface area contributed by atoms with Crippen molar-refractivity contribution in [2.24, 2.45) is 0 Å². The Morgan fingerprint density at radius 2 is 0.900 bits per heavy atom. The molecule has 1 rings (SSSR count). The summed E-state index contributed by atoms with van der Waals surface area (Å²) < 4.78 is 32.2. The van der Waals surface area contributed by atoms with Crippen molar-refractivity contribution in [2.75, 3.05) is 97.7 Å². The molecule has 30 heavy (non-hydrogen) atoms. The van der Waals surface area contributed by atoms with Crippen LogP contribution in [0.15, 0.2) is 0 Å². The Labute approximate surface area is 179 Å². The molecule has 0 unspecified atom stereocenters. The number of nitrogens with zero attached hydrogens (tertiary/aromatic N) is 5. The Morgan fingerprint density at radius 3 is 1.20 bits per heavy atom. The van der Waals surface area contributed by atoms with E-state index in [0.717, 1.165) is 30.0 Å². The van der Waals surface area contributed by atoms with Crippen LogP contribution >= 0.6 is 0 Å². The van der Waals surface area contributed by atoms with Gasteiger partial charge in [-0.15, -0.1) is 0 Å². The van der Waals surface area contributed by atoms with Gasteiger partial charge in [-0.2, -0.15) is 9.97 Å². The zero-order chi connectivity index (χ0) is 22.4. The molecule has 0 radical (unpaired) electrons. The molecule has 0 spiro atoms. The van der Waals surface area contributed by atoms with Crippen LogP contribution in [-0.4, -0.2) is 93.0 Å². The van der Waals surface area contributed by atoms with Crippen LogP contribution in [0.3, 0.4) is 0 Å². The summed E-state index contributed by atoms with van der Waals surface area (Å²) in [6.07, 6.45) is 1.66. The molecule has 174 valence electrons. The molecule has 0 fully saturated rings. The molecule has 0 saturated carbocycles. The number of hydrogen-bond donors (Lipinski definition) is 0. The molecule has 1 aromatic rings. The fraction of sp³-hybridized carbons (Fsp3) is 0.789. The molecule has 0 aromatic carbocycles. The summed E-state index contributed by atoms with van der Waals surface area (Å²) in [4.78, 5) is 15.3. The maximum atomic E-state index is 5.39. The monoisotopic (exact) mass is 431 g/mol. The van der Waals surface area contributed by atoms with Crippen LogP contribution in [0.4, 0.5) is 17.6 Å². The van der Waals surface area contributed by atoms with Gasteiger partial charge in [-0.25, -0.2) is 0 Å². The van der Waals surface area contributed by atoms with Crippen molar-refractivity contribution in [1.29, 1.82) is 0 Å². The fourth-order valence-corrected chi connectivity index (χ4v) is 2.99. The molecule has 0 atom stereocenters. The highest BCUT2D eigenvalue weighted by Crippen LogP contribution is 2.31. The summed E-state index contributed by atoms with van der Waals surface area (Å²) in [6, 6.07) is 0. The van der Waals surface area contributed by atoms with Gasteiger partial charge in [0, 0.05) is 48.2 Å². The maximum Gasteiger partial charge on any atom is 0.233 e. The van der Waals surface area contributed by atoms with Crippen molar-refractivity contribution in [1.82, 2.24) is 9.97 Å². The van der Waals surface area contributed by atoms with Gasteiger partial charge in [0.25, 0.3) is 0 Å². The lowest BCUT2D eigenvalue weighted by molar-refractivity contribution is 0.135. The van der Waals surface area contributed by atoms with Crippen molar-refractivity contribution < 1.29 is 28.4 Å². The fourth-order valence-electron chi connectivity index (χ4n) is 2.99. The SMILES string of the molecule is CCCc1c(N(COC)COC)nc(N(COC)COC)nc1N(COC)COC. The second-order valence-electron chi connectivity index (χ2n) is 6.53. The van der Waals surface area contributed by atoms with E-state index in [1.807, 2.05) is 9.80 Å². The highest BCUT2D eigenvalue weighted by Gasteiger charge is 2.25. The third-order valence-electron chi connectivity index (χ3n) is 4.04. The first-order chi connectivity index (χ1) is 14.6. The van der Waals surface area contributed by atoms with Crippen LogP contribution in [0.2, 0.25) is 0 Å². The van der Waals surface area contributed by atoms with Crippen molar-refractivity contribution in [2.45, 2.75) is 19.8 Å². The van der Waals surface area contributed by atoms with Gasteiger partial charge in [-0.3, -0.25) is 4.90 Å². The Kier molecular flexibility index (Phi) is 13.2. The third kappa shape index (κ3) is 7.49. The van der Waals surface area contributed by atoms with Gasteiger partial charge in [0.1, 0.15) is 52.0 Å². The molecule has 0 aliphatic carbocycles. The van der Waals surface area contributed by atoms with Gasteiger partial charge in [-0.05, 0) is 6.42 Å². The van der Waals surface area contributed by atoms with Gasteiger partial charge < -0.3 is 38.2 Å². The average molecular weight is 432 g/mol. The zero-order valence-electron chi connectivity index (χ0n) is 19.3. The van der Waals surface area contributed by atoms with Crippen LogP contribution in [0, 0.1) is 0 Å². The second-order valence-corrected chi connectivity index (χ2v) is 6.53. The minimum atomic E-state index is 0.267. The largest absolute Gasteiger partial charge is 0.364 e. The van der Waals surface area contributed by atoms with E-state index >= 15 is 0 Å². The molecule has 0 N–H and O–H groups in total. The lowest BCUT2D eigenvalue weighted by Crippen LogP contribution is -2.36. The van der Waals surface area contributed by atoms with E-state index in [2.05, 4.69) is 6.92 Å². The predicted molar refractivity (Wildman–Crippen MR) is 115 cm³/mol. The van der Waals surface area contributed by atoms with E-state index in [4.69, 9.17) is 38.4 Å². The Bertz CT molecular complexity index is 540. The number of aromatic nitrogens is 2. The van der Waals surface area contributed by atoms with Crippen LogP contribution in [0.5, 0.6) is 0 Å². The molecular weight excluding hydrogens is 394 g/mol. The van der Waals surface area contributed by atoms with E-state index in [0.29, 0.717) is 32.9 Å². The number of anilines is 3. The summed E-state index contributed by atoms with van der Waals surface area (Å²) in [5.41, 5.74) is 0.958. The van der Waals surface area contributed by atoms with Crippen LogP contribution in [-0.2, 0) is 34.8 Å². The summed E-state index contributed by atoms with van der Waals surface area (Å²) in [5, 5.41) is 0. The van der Waals surface area contributed by atoms with E-state index in [-0.39, 0.29) is 13.5 Å². The topological polar surface area (TPSA) is 90.9 Å². The molecule has 0 aliphatic rings. The van der Waals surface area contributed by atoms with Gasteiger partial charge >= 0.3 is 0 Å². The van der Waals surface area contributed by atoms with E-state index in [1.165, 1.54) is 0 Å². The molecule has 0 saturated heterocycles. The van der Waals surface area contributed by atoms with Crippen LogP contribution in [0.1, 0.15) is 18.9 Å². The molecule has 0 amide bonds. The Morgan fingerprint density at radius 1 is 0.567 bits per heavy atom. The molecular formula is C19H37N5O6. The van der Waals surface area contributed by atoms with Gasteiger partial charge in [0.15, 0.2) is 0 Å². The smallest absolute Gasteiger partial charge is 0.233 e. The second kappa shape index (κ2) is 15.1. The highest BCUT2D eigenvalue weighted by molar-refractivity contribution is 5.63. The van der Waals surface area contributed by atoms with Crippen molar-refractivity contribution >= 4 is 17.6 Å². The van der Waals surface area contributed by atoms with Gasteiger partial charge in [-0.1, -0.05) is 13.3 Å². The normalized spacial score (nSPS) is 11.0. The van der Waals surface area contributed by atoms with Crippen molar-refractivity contribution in [3.63, 3.8) is 0 Å². The first-order valence-corrected chi connectivity index (χ1v) is 9.70. The van der Waals surface area contributed by atoms with Gasteiger partial charge in [0.05, 0.1) is 0 Å². The van der Waals surface area contributed by atoms with Crippen LogP contribution in [0.25, 0.3) is 0 Å². The van der Waals surface area contributed by atoms with Crippen LogP contribution < -0.4 is 14.7 Å². The zero-order valence-corrected chi connectivity index (χ0v) is 19.3. The number of hydrogen-bond acceptors (Lipinski definition) is 11. The molecule has 0 aliphatic heterocycles. The lowest BCUT2D eigenvalue weighted by atomic mass is 10.1. The molecule has 0 bridgehead atoms. The lowest BCUT2D eigenvalue weighted by Gasteiger charge is -2.31. The highest BCUT2D eigenvalue weighted by atomic mass is 16.5. The van der Waals surface area contributed by atoms with Crippen molar-refractivity contribution in [3.05, 3.63) is 5.56 Å². The first-order valence-electron chi connectivity index (χ1n) is 9.70. The summed E-state index contributed by atoms with van der Waals surface area (Å²) >= 11 is 0. The van der Waals surface area contributed by atoms with Crippen molar-refractivity contribution in [3.8, 4) is 0 Å². The molecule has 1 aromatic heterocycles. The Hall–Kier alpha value is -1.76. The molecule has 11 nitrogen and oxygen atoms in total. The summed E-state index contributed by atoms with van der Waals surface area (Å²) in [7, 11) is 9.76. The standard InChI is InChI=1S/C19H37N5O6/c1-8-9-16-17(22(10-25-2)11-26-3)20-19(24(14-29-6)15-30-7)21-18(16)23(12-27-4)13-28-5/h8-15H2,1-7H3. The molecule has 1 heterocycles. The minimum absolute atomic E-state index is 0.267. The predicted octanol–water partition coefficient (Wildman–Crippen LogP) is 1.47. The van der Waals surface area contributed by atoms with E-state index in [1.54, 1.807) is 47.6 Å². The Balaban J connectivity index is 3.70. The average Bonchev–Trinajstić information content (AvgIpc) is 2.73. The third-order valence-corrected chi connectivity index (χ3v) is 4.04. The number of methoxy groups -OCH3 is 6. The molecule has 11 heteroatoms. The maximum absolute atomic E-state index is 5.39. The van der Waals surface area contributed by atoms with Gasteiger partial charge in [0.2, 0.25) is 5.95 Å². The summed E-state index contributed by atoms with van der Waals surface area (Å²) in [6.45, 7) is 3.88. The van der Waals surface area contributed by atoms with E-state index in [9.17, 15) is 0 Å². The summed E-state index contributed by atoms with van der Waals surface area (Å²) in [5.74, 6) is 1.89. The quantitative estimate of drug-likeness (QED) is 0.336. The number of ether oxygens (including phenoxy) is 6. The van der Waals surface area contributed by atoms with E-state index < -0.39 is 0 Å². The number of rotatable bonds is 17.